The van der Waals surface area contributed by atoms with Crippen molar-refractivity contribution in [1.29, 1.82) is 0 Å². The lowest BCUT2D eigenvalue weighted by Crippen LogP contribution is -2.07. The number of ether oxygens (including phenoxy) is 1. The van der Waals surface area contributed by atoms with Crippen molar-refractivity contribution in [3.8, 4) is 0 Å². The number of pyridine rings is 1. The Kier molecular flexibility index (Phi) is 3.71. The summed E-state index contributed by atoms with van der Waals surface area (Å²) in [5.41, 5.74) is 0.465. The van der Waals surface area contributed by atoms with Gasteiger partial charge in [-0.25, -0.2) is 9.78 Å². The third kappa shape index (κ3) is 2.86. The van der Waals surface area contributed by atoms with E-state index in [1.54, 1.807) is 11.4 Å². The first-order valence-corrected chi connectivity index (χ1v) is 6.09. The molecule has 0 amide bonds. The summed E-state index contributed by atoms with van der Waals surface area (Å²) in [7, 11) is 1.22. The molecule has 0 atom stereocenters. The Morgan fingerprint density at radius 1 is 1.47 bits per heavy atom. The quantitative estimate of drug-likeness (QED) is 0.525. The van der Waals surface area contributed by atoms with Crippen molar-refractivity contribution in [2.24, 2.45) is 0 Å². The van der Waals surface area contributed by atoms with Gasteiger partial charge in [-0.1, -0.05) is 0 Å². The third-order valence-electron chi connectivity index (χ3n) is 2.25. The van der Waals surface area contributed by atoms with Gasteiger partial charge < -0.3 is 10.1 Å². The lowest BCUT2D eigenvalue weighted by Gasteiger charge is -2.05. The molecule has 2 aromatic heterocycles. The molecule has 1 N–H and O–H groups in total. The summed E-state index contributed by atoms with van der Waals surface area (Å²) in [6.45, 7) is 0. The maximum atomic E-state index is 11.4. The zero-order valence-corrected chi connectivity index (χ0v) is 10.6. The summed E-state index contributed by atoms with van der Waals surface area (Å²) in [5.74, 6) is -0.644. The number of rotatable bonds is 4. The monoisotopic (exact) mass is 279 g/mol. The summed E-state index contributed by atoms with van der Waals surface area (Å²) in [5, 5.41) is 17.3. The van der Waals surface area contributed by atoms with Gasteiger partial charge >= 0.3 is 11.7 Å². The van der Waals surface area contributed by atoms with Crippen LogP contribution in [0.5, 0.6) is 0 Å². The van der Waals surface area contributed by atoms with E-state index in [1.165, 1.54) is 30.6 Å². The van der Waals surface area contributed by atoms with Gasteiger partial charge in [-0.2, -0.15) is 11.3 Å². The Morgan fingerprint density at radius 2 is 2.26 bits per heavy atom. The van der Waals surface area contributed by atoms with Crippen molar-refractivity contribution in [2.45, 2.75) is 0 Å². The smallest absolute Gasteiger partial charge is 0.356 e. The van der Waals surface area contributed by atoms with Crippen LogP contribution in [0.15, 0.2) is 29.0 Å². The molecule has 0 spiro atoms. The van der Waals surface area contributed by atoms with E-state index >= 15 is 0 Å². The standard InChI is InChI=1S/C11H9N3O4S/c1-18-11(15)8-2-3-9(14(16)17)10(13-8)12-7-4-5-19-6-7/h2-6H,1H3,(H,12,13). The van der Waals surface area contributed by atoms with Crippen molar-refractivity contribution >= 4 is 34.5 Å². The fourth-order valence-electron chi connectivity index (χ4n) is 1.38. The minimum absolute atomic E-state index is 0.00540. The molecule has 98 valence electrons. The highest BCUT2D eigenvalue weighted by molar-refractivity contribution is 7.08. The SMILES string of the molecule is COC(=O)c1ccc([N+](=O)[O-])c(Nc2ccsc2)n1. The maximum absolute atomic E-state index is 11.4. The summed E-state index contributed by atoms with van der Waals surface area (Å²) in [4.78, 5) is 25.6. The van der Waals surface area contributed by atoms with E-state index in [2.05, 4.69) is 15.0 Å². The molecule has 0 bridgehead atoms. The number of nitrogens with one attached hydrogen (secondary N) is 1. The molecule has 2 aromatic rings. The number of hydrogen-bond acceptors (Lipinski definition) is 7. The number of nitrogens with zero attached hydrogens (tertiary/aromatic N) is 2. The topological polar surface area (TPSA) is 94.4 Å². The molecule has 7 nitrogen and oxygen atoms in total. The molecule has 0 fully saturated rings. The van der Waals surface area contributed by atoms with Gasteiger partial charge in [0.25, 0.3) is 0 Å². The Hall–Kier alpha value is -2.48. The Labute approximate surface area is 112 Å². The average Bonchev–Trinajstić information content (AvgIpc) is 2.90. The van der Waals surface area contributed by atoms with E-state index in [0.29, 0.717) is 5.69 Å². The molecule has 2 heterocycles. The molecule has 2 rings (SSSR count). The molecule has 0 radical (unpaired) electrons. The van der Waals surface area contributed by atoms with E-state index in [-0.39, 0.29) is 17.2 Å². The predicted molar refractivity (Wildman–Crippen MR) is 69.8 cm³/mol. The Bertz CT molecular complexity index is 612. The molecule has 0 saturated carbocycles. The van der Waals surface area contributed by atoms with Gasteiger partial charge in [0.1, 0.15) is 0 Å². The second-order valence-electron chi connectivity index (χ2n) is 3.45. The molecular formula is C11H9N3O4S. The number of carbonyl (C=O) groups is 1. The molecule has 19 heavy (non-hydrogen) atoms. The number of nitro groups is 1. The molecule has 0 aromatic carbocycles. The van der Waals surface area contributed by atoms with Gasteiger partial charge in [-0.15, -0.1) is 0 Å². The lowest BCUT2D eigenvalue weighted by molar-refractivity contribution is -0.384. The van der Waals surface area contributed by atoms with Crippen LogP contribution in [0.25, 0.3) is 0 Å². The van der Waals surface area contributed by atoms with E-state index in [4.69, 9.17) is 0 Å². The van der Waals surface area contributed by atoms with Gasteiger partial charge in [0.2, 0.25) is 5.82 Å². The van der Waals surface area contributed by atoms with E-state index in [0.717, 1.165) is 0 Å². The van der Waals surface area contributed by atoms with Crippen LogP contribution in [0.3, 0.4) is 0 Å². The van der Waals surface area contributed by atoms with Gasteiger partial charge in [0.05, 0.1) is 17.7 Å². The summed E-state index contributed by atoms with van der Waals surface area (Å²) in [6.07, 6.45) is 0. The lowest BCUT2D eigenvalue weighted by atomic mass is 10.3. The Morgan fingerprint density at radius 3 is 2.84 bits per heavy atom. The number of methoxy groups -OCH3 is 1. The minimum atomic E-state index is -0.650. The molecule has 0 aliphatic heterocycles. The average molecular weight is 279 g/mol. The maximum Gasteiger partial charge on any atom is 0.356 e. The number of anilines is 2. The van der Waals surface area contributed by atoms with Crippen LogP contribution in [0.1, 0.15) is 10.5 Å². The summed E-state index contributed by atoms with van der Waals surface area (Å²) >= 11 is 1.44. The zero-order chi connectivity index (χ0) is 13.8. The molecule has 0 aliphatic carbocycles. The van der Waals surface area contributed by atoms with Crippen LogP contribution in [0.2, 0.25) is 0 Å². The van der Waals surface area contributed by atoms with Crippen LogP contribution in [0.4, 0.5) is 17.2 Å². The van der Waals surface area contributed by atoms with Crippen LogP contribution < -0.4 is 5.32 Å². The Balaban J connectivity index is 2.41. The first kappa shape index (κ1) is 13.0. The molecule has 0 aliphatic rings. The van der Waals surface area contributed by atoms with Crippen molar-refractivity contribution in [2.75, 3.05) is 12.4 Å². The van der Waals surface area contributed by atoms with E-state index < -0.39 is 10.9 Å². The van der Waals surface area contributed by atoms with E-state index in [9.17, 15) is 14.9 Å². The number of thiophene rings is 1. The first-order chi connectivity index (χ1) is 9.11. The third-order valence-corrected chi connectivity index (χ3v) is 2.93. The first-order valence-electron chi connectivity index (χ1n) is 5.15. The van der Waals surface area contributed by atoms with Crippen LogP contribution >= 0.6 is 11.3 Å². The van der Waals surface area contributed by atoms with Gasteiger partial charge in [-0.05, 0) is 17.5 Å². The normalized spacial score (nSPS) is 9.95. The summed E-state index contributed by atoms with van der Waals surface area (Å²) < 4.78 is 4.53. The minimum Gasteiger partial charge on any atom is -0.464 e. The van der Waals surface area contributed by atoms with Gasteiger partial charge in [0.15, 0.2) is 5.69 Å². The number of carbonyl (C=O) groups excluding carboxylic acids is 1. The molecule has 0 saturated heterocycles. The van der Waals surface area contributed by atoms with Crippen molar-refractivity contribution < 1.29 is 14.5 Å². The highest BCUT2D eigenvalue weighted by Gasteiger charge is 2.19. The van der Waals surface area contributed by atoms with Crippen LogP contribution in [-0.4, -0.2) is 23.0 Å². The number of hydrogen-bond donors (Lipinski definition) is 1. The number of esters is 1. The van der Waals surface area contributed by atoms with Crippen LogP contribution in [0, 0.1) is 10.1 Å². The fourth-order valence-corrected chi connectivity index (χ4v) is 1.97. The number of aromatic nitrogens is 1. The highest BCUT2D eigenvalue weighted by atomic mass is 32.1. The fraction of sp³-hybridized carbons (Fsp3) is 0.0909. The molecule has 0 unspecified atom stereocenters. The highest BCUT2D eigenvalue weighted by Crippen LogP contribution is 2.26. The second kappa shape index (κ2) is 5.44. The van der Waals surface area contributed by atoms with Crippen molar-refractivity contribution in [1.82, 2.24) is 4.98 Å². The molecular weight excluding hydrogens is 270 g/mol. The zero-order valence-electron chi connectivity index (χ0n) is 9.82. The van der Waals surface area contributed by atoms with E-state index in [1.807, 2.05) is 5.38 Å². The second-order valence-corrected chi connectivity index (χ2v) is 4.23. The van der Waals surface area contributed by atoms with Crippen molar-refractivity contribution in [3.05, 3.63) is 44.8 Å². The largest absolute Gasteiger partial charge is 0.464 e. The molecule has 8 heteroatoms. The predicted octanol–water partition coefficient (Wildman–Crippen LogP) is 2.58. The van der Waals surface area contributed by atoms with Crippen molar-refractivity contribution in [3.63, 3.8) is 0 Å². The van der Waals surface area contributed by atoms with Crippen LogP contribution in [-0.2, 0) is 4.74 Å². The van der Waals surface area contributed by atoms with Gasteiger partial charge in [-0.3, -0.25) is 10.1 Å². The summed E-state index contributed by atoms with van der Waals surface area (Å²) in [6, 6.07) is 4.22. The van der Waals surface area contributed by atoms with Gasteiger partial charge in [0, 0.05) is 11.4 Å².